The van der Waals surface area contributed by atoms with E-state index in [1.54, 1.807) is 24.3 Å². The highest BCUT2D eigenvalue weighted by Crippen LogP contribution is 2.19. The number of rotatable bonds is 5. The van der Waals surface area contributed by atoms with Crippen molar-refractivity contribution in [2.24, 2.45) is 0 Å². The Labute approximate surface area is 117 Å². The number of benzene rings is 1. The molecule has 20 heavy (non-hydrogen) atoms. The Morgan fingerprint density at radius 2 is 2.10 bits per heavy atom. The van der Waals surface area contributed by atoms with Gasteiger partial charge in [-0.15, -0.1) is 6.58 Å². The molecule has 0 saturated carbocycles. The van der Waals surface area contributed by atoms with Crippen molar-refractivity contribution in [2.75, 3.05) is 25.0 Å². The van der Waals surface area contributed by atoms with Crippen molar-refractivity contribution < 1.29 is 14.7 Å². The van der Waals surface area contributed by atoms with Gasteiger partial charge >= 0.3 is 12.0 Å². The van der Waals surface area contributed by atoms with Gasteiger partial charge in [0.15, 0.2) is 0 Å². The summed E-state index contributed by atoms with van der Waals surface area (Å²) in [5.74, 6) is -1.11. The number of aliphatic carboxylic acids is 1. The number of carboxylic acids is 1. The Balaban J connectivity index is 3.02. The Morgan fingerprint density at radius 3 is 2.65 bits per heavy atom. The standard InChI is InChI=1S/C14H15N3O3/c1-3-8-17(10-13(18)19)14(20)16(2)12-7-5-4-6-11(12)9-15/h3-7H,1,8,10H2,2H3,(H,18,19). The van der Waals surface area contributed by atoms with Crippen molar-refractivity contribution in [3.63, 3.8) is 0 Å². The van der Waals surface area contributed by atoms with Crippen LogP contribution in [0.15, 0.2) is 36.9 Å². The van der Waals surface area contributed by atoms with Gasteiger partial charge in [0.2, 0.25) is 0 Å². The lowest BCUT2D eigenvalue weighted by Crippen LogP contribution is -2.44. The van der Waals surface area contributed by atoms with Gasteiger partial charge in [0.25, 0.3) is 0 Å². The number of nitriles is 1. The number of nitrogens with zero attached hydrogens (tertiary/aromatic N) is 3. The third kappa shape index (κ3) is 3.59. The van der Waals surface area contributed by atoms with Gasteiger partial charge in [-0.2, -0.15) is 5.26 Å². The predicted molar refractivity (Wildman–Crippen MR) is 74.4 cm³/mol. The molecule has 0 saturated heterocycles. The van der Waals surface area contributed by atoms with Crippen LogP contribution in [0.3, 0.4) is 0 Å². The number of para-hydroxylation sites is 1. The SMILES string of the molecule is C=CCN(CC(=O)O)C(=O)N(C)c1ccccc1C#N. The molecule has 1 aromatic rings. The molecule has 0 aliphatic heterocycles. The lowest BCUT2D eigenvalue weighted by atomic mass is 10.2. The van der Waals surface area contributed by atoms with Crippen molar-refractivity contribution in [1.82, 2.24) is 4.90 Å². The van der Waals surface area contributed by atoms with Gasteiger partial charge < -0.3 is 10.0 Å². The quantitative estimate of drug-likeness (QED) is 0.827. The molecule has 0 unspecified atom stereocenters. The second kappa shape index (κ2) is 6.95. The molecule has 104 valence electrons. The summed E-state index contributed by atoms with van der Waals surface area (Å²) in [5.41, 5.74) is 0.775. The molecule has 0 aliphatic carbocycles. The van der Waals surface area contributed by atoms with Gasteiger partial charge in [0.1, 0.15) is 12.6 Å². The Hall–Kier alpha value is -2.81. The van der Waals surface area contributed by atoms with Crippen molar-refractivity contribution in [3.05, 3.63) is 42.5 Å². The molecular weight excluding hydrogens is 258 g/mol. The molecule has 0 aromatic heterocycles. The topological polar surface area (TPSA) is 84.6 Å². The first-order chi connectivity index (χ1) is 9.51. The van der Waals surface area contributed by atoms with Gasteiger partial charge in [-0.1, -0.05) is 18.2 Å². The van der Waals surface area contributed by atoms with E-state index < -0.39 is 18.5 Å². The number of urea groups is 1. The minimum Gasteiger partial charge on any atom is -0.480 e. The molecule has 2 amide bonds. The second-order valence-corrected chi connectivity index (χ2v) is 4.03. The Kier molecular flexibility index (Phi) is 5.30. The molecule has 0 spiro atoms. The van der Waals surface area contributed by atoms with Crippen LogP contribution in [0.1, 0.15) is 5.56 Å². The predicted octanol–water partition coefficient (Wildman–Crippen LogP) is 1.69. The van der Waals surface area contributed by atoms with Crippen LogP contribution in [-0.4, -0.2) is 42.1 Å². The first-order valence-corrected chi connectivity index (χ1v) is 5.85. The maximum atomic E-state index is 12.3. The molecule has 0 bridgehead atoms. The molecule has 0 heterocycles. The Bertz CT molecular complexity index is 563. The third-order valence-corrected chi connectivity index (χ3v) is 2.62. The molecule has 0 atom stereocenters. The molecule has 1 aromatic carbocycles. The average Bonchev–Trinajstić information content (AvgIpc) is 2.44. The van der Waals surface area contributed by atoms with Crippen LogP contribution in [-0.2, 0) is 4.79 Å². The fraction of sp³-hybridized carbons (Fsp3) is 0.214. The monoisotopic (exact) mass is 273 g/mol. The minimum absolute atomic E-state index is 0.115. The van der Waals surface area contributed by atoms with Crippen molar-refractivity contribution in [3.8, 4) is 6.07 Å². The maximum Gasteiger partial charge on any atom is 0.325 e. The van der Waals surface area contributed by atoms with Crippen LogP contribution >= 0.6 is 0 Å². The van der Waals surface area contributed by atoms with Crippen molar-refractivity contribution in [2.45, 2.75) is 0 Å². The van der Waals surface area contributed by atoms with E-state index in [4.69, 9.17) is 10.4 Å². The van der Waals surface area contributed by atoms with E-state index in [0.29, 0.717) is 11.3 Å². The lowest BCUT2D eigenvalue weighted by Gasteiger charge is -2.26. The van der Waals surface area contributed by atoms with Gasteiger partial charge in [-0.3, -0.25) is 9.69 Å². The lowest BCUT2D eigenvalue weighted by molar-refractivity contribution is -0.137. The van der Waals surface area contributed by atoms with Crippen LogP contribution in [0.5, 0.6) is 0 Å². The molecule has 0 aliphatic rings. The van der Waals surface area contributed by atoms with Crippen LogP contribution in [0.2, 0.25) is 0 Å². The smallest absolute Gasteiger partial charge is 0.325 e. The van der Waals surface area contributed by atoms with E-state index in [9.17, 15) is 9.59 Å². The van der Waals surface area contributed by atoms with Crippen molar-refractivity contribution in [1.29, 1.82) is 5.26 Å². The van der Waals surface area contributed by atoms with Crippen molar-refractivity contribution >= 4 is 17.7 Å². The first kappa shape index (κ1) is 15.2. The summed E-state index contributed by atoms with van der Waals surface area (Å²) in [4.78, 5) is 25.4. The number of hydrogen-bond acceptors (Lipinski definition) is 3. The van der Waals surface area contributed by atoms with Crippen LogP contribution in [0, 0.1) is 11.3 Å². The van der Waals surface area contributed by atoms with Gasteiger partial charge in [0, 0.05) is 13.6 Å². The maximum absolute atomic E-state index is 12.3. The van der Waals surface area contributed by atoms with E-state index in [1.165, 1.54) is 18.0 Å². The highest BCUT2D eigenvalue weighted by molar-refractivity contribution is 5.94. The van der Waals surface area contributed by atoms with Gasteiger partial charge in [-0.25, -0.2) is 4.79 Å². The zero-order chi connectivity index (χ0) is 15.1. The molecule has 6 nitrogen and oxygen atoms in total. The van der Waals surface area contributed by atoms with E-state index in [1.807, 2.05) is 6.07 Å². The summed E-state index contributed by atoms with van der Waals surface area (Å²) in [7, 11) is 1.50. The summed E-state index contributed by atoms with van der Waals surface area (Å²) < 4.78 is 0. The van der Waals surface area contributed by atoms with E-state index in [0.717, 1.165) is 4.90 Å². The summed E-state index contributed by atoms with van der Waals surface area (Å²) in [6.45, 7) is 3.19. The number of carbonyl (C=O) groups excluding carboxylic acids is 1. The zero-order valence-corrected chi connectivity index (χ0v) is 11.1. The van der Waals surface area contributed by atoms with E-state index >= 15 is 0 Å². The average molecular weight is 273 g/mol. The van der Waals surface area contributed by atoms with Crippen LogP contribution in [0.4, 0.5) is 10.5 Å². The fourth-order valence-electron chi connectivity index (χ4n) is 1.71. The fourth-order valence-corrected chi connectivity index (χ4v) is 1.71. The highest BCUT2D eigenvalue weighted by atomic mass is 16.4. The number of carboxylic acid groups (broad SMARTS) is 1. The van der Waals surface area contributed by atoms with Gasteiger partial charge in [-0.05, 0) is 12.1 Å². The number of amides is 2. The molecule has 1 rings (SSSR count). The summed E-state index contributed by atoms with van der Waals surface area (Å²) in [5, 5.41) is 17.8. The largest absolute Gasteiger partial charge is 0.480 e. The second-order valence-electron chi connectivity index (χ2n) is 4.03. The molecule has 0 fully saturated rings. The zero-order valence-electron chi connectivity index (χ0n) is 11.1. The highest BCUT2D eigenvalue weighted by Gasteiger charge is 2.21. The number of hydrogen-bond donors (Lipinski definition) is 1. The number of anilines is 1. The summed E-state index contributed by atoms with van der Waals surface area (Å²) >= 11 is 0. The third-order valence-electron chi connectivity index (χ3n) is 2.62. The van der Waals surface area contributed by atoms with Crippen LogP contribution < -0.4 is 4.90 Å². The summed E-state index contributed by atoms with van der Waals surface area (Å²) in [6.07, 6.45) is 1.45. The minimum atomic E-state index is -1.11. The van der Waals surface area contributed by atoms with E-state index in [2.05, 4.69) is 6.58 Å². The molecular formula is C14H15N3O3. The Morgan fingerprint density at radius 1 is 1.45 bits per heavy atom. The first-order valence-electron chi connectivity index (χ1n) is 5.85. The summed E-state index contributed by atoms with van der Waals surface area (Å²) in [6, 6.07) is 8.11. The molecule has 0 radical (unpaired) electrons. The normalized spacial score (nSPS) is 9.40. The van der Waals surface area contributed by atoms with Gasteiger partial charge in [0.05, 0.1) is 11.3 Å². The number of carbonyl (C=O) groups is 2. The molecule has 1 N–H and O–H groups in total. The van der Waals surface area contributed by atoms with Crippen LogP contribution in [0.25, 0.3) is 0 Å². The van der Waals surface area contributed by atoms with E-state index in [-0.39, 0.29) is 6.54 Å². The molecule has 6 heteroatoms.